The Morgan fingerprint density at radius 3 is 2.75 bits per heavy atom. The summed E-state index contributed by atoms with van der Waals surface area (Å²) in [6.07, 6.45) is 1.01. The summed E-state index contributed by atoms with van der Waals surface area (Å²) in [5.41, 5.74) is 2.53. The van der Waals surface area contributed by atoms with E-state index < -0.39 is 0 Å². The van der Waals surface area contributed by atoms with Gasteiger partial charge < -0.3 is 10.1 Å². The van der Waals surface area contributed by atoms with Gasteiger partial charge in [-0.15, -0.1) is 11.3 Å². The number of hydrogen-bond acceptors (Lipinski definition) is 5. The minimum Gasteiger partial charge on any atom is -0.497 e. The molecule has 0 bridgehead atoms. The lowest BCUT2D eigenvalue weighted by molar-refractivity contribution is -0.120. The molecular weight excluding hydrogens is 395 g/mol. The number of ether oxygens (including phenoxy) is 1. The largest absolute Gasteiger partial charge is 0.497 e. The average Bonchev–Trinajstić information content (AvgIpc) is 3.15. The fourth-order valence-electron chi connectivity index (χ4n) is 2.56. The highest BCUT2D eigenvalue weighted by Crippen LogP contribution is 2.27. The van der Waals surface area contributed by atoms with E-state index in [2.05, 4.69) is 10.3 Å². The van der Waals surface area contributed by atoms with E-state index >= 15 is 0 Å². The van der Waals surface area contributed by atoms with Gasteiger partial charge in [0.15, 0.2) is 0 Å². The van der Waals surface area contributed by atoms with Crippen molar-refractivity contribution in [3.8, 4) is 5.75 Å². The van der Waals surface area contributed by atoms with E-state index in [1.165, 1.54) is 29.2 Å². The van der Waals surface area contributed by atoms with Gasteiger partial charge >= 0.3 is 0 Å². The highest BCUT2D eigenvalue weighted by molar-refractivity contribution is 8.00. The zero-order valence-corrected chi connectivity index (χ0v) is 17.1. The Morgan fingerprint density at radius 1 is 1.21 bits per heavy atom. The van der Waals surface area contributed by atoms with Crippen LogP contribution >= 0.6 is 23.1 Å². The molecule has 0 radical (unpaired) electrons. The Morgan fingerprint density at radius 2 is 2.00 bits per heavy atom. The van der Waals surface area contributed by atoms with E-state index in [1.54, 1.807) is 19.2 Å². The van der Waals surface area contributed by atoms with Crippen LogP contribution in [0, 0.1) is 5.82 Å². The number of nitrogens with one attached hydrogen (secondary N) is 1. The van der Waals surface area contributed by atoms with Crippen molar-refractivity contribution in [2.45, 2.75) is 22.9 Å². The van der Waals surface area contributed by atoms with Gasteiger partial charge in [0, 0.05) is 17.7 Å². The van der Waals surface area contributed by atoms with Crippen LogP contribution in [-0.4, -0.2) is 24.5 Å². The number of amides is 1. The second-order valence-electron chi connectivity index (χ2n) is 6.11. The van der Waals surface area contributed by atoms with Gasteiger partial charge in [0.05, 0.1) is 19.2 Å². The first kappa shape index (κ1) is 20.4. The molecule has 0 atom stereocenters. The van der Waals surface area contributed by atoms with E-state index in [0.29, 0.717) is 17.9 Å². The summed E-state index contributed by atoms with van der Waals surface area (Å²) in [5.74, 6) is 1.08. The summed E-state index contributed by atoms with van der Waals surface area (Å²) in [7, 11) is 1.64. The number of benzene rings is 2. The van der Waals surface area contributed by atoms with Crippen molar-refractivity contribution in [1.29, 1.82) is 0 Å². The smallest absolute Gasteiger partial charge is 0.226 e. The third-order valence-electron chi connectivity index (χ3n) is 4.08. The molecule has 1 aromatic heterocycles. The Hall–Kier alpha value is -2.38. The van der Waals surface area contributed by atoms with Crippen molar-refractivity contribution >= 4 is 29.0 Å². The van der Waals surface area contributed by atoms with Gasteiger partial charge in [-0.2, -0.15) is 0 Å². The molecule has 4 nitrogen and oxygen atoms in total. The molecular formula is C21H21FN2O2S2. The molecule has 0 unspecified atom stereocenters. The van der Waals surface area contributed by atoms with Crippen LogP contribution < -0.4 is 10.1 Å². The van der Waals surface area contributed by atoms with Crippen molar-refractivity contribution in [3.63, 3.8) is 0 Å². The zero-order chi connectivity index (χ0) is 19.8. The normalized spacial score (nSPS) is 10.6. The predicted molar refractivity (Wildman–Crippen MR) is 111 cm³/mol. The lowest BCUT2D eigenvalue weighted by Gasteiger charge is -2.05. The maximum atomic E-state index is 13.7. The van der Waals surface area contributed by atoms with Crippen LogP contribution in [-0.2, 0) is 23.4 Å². The average molecular weight is 417 g/mol. The fourth-order valence-corrected chi connectivity index (χ4v) is 4.39. The molecule has 7 heteroatoms. The molecule has 2 aromatic carbocycles. The molecule has 0 aliphatic rings. The summed E-state index contributed by atoms with van der Waals surface area (Å²) in [4.78, 5) is 16.6. The Balaban J connectivity index is 1.41. The second-order valence-corrected chi connectivity index (χ2v) is 8.19. The minimum absolute atomic E-state index is 0.0514. The van der Waals surface area contributed by atoms with E-state index in [9.17, 15) is 9.18 Å². The highest BCUT2D eigenvalue weighted by Gasteiger charge is 2.09. The minimum atomic E-state index is -0.206. The fraction of sp³-hybridized carbons (Fsp3) is 0.238. The summed E-state index contributed by atoms with van der Waals surface area (Å²) in [6, 6.07) is 14.5. The van der Waals surface area contributed by atoms with Gasteiger partial charge in [-0.05, 0) is 35.7 Å². The third kappa shape index (κ3) is 6.07. The summed E-state index contributed by atoms with van der Waals surface area (Å²) < 4.78 is 19.6. The summed E-state index contributed by atoms with van der Waals surface area (Å²) in [6.45, 7) is 0.574. The summed E-state index contributed by atoms with van der Waals surface area (Å²) in [5, 5.41) is 4.80. The highest BCUT2D eigenvalue weighted by atomic mass is 32.2. The molecule has 0 saturated carbocycles. The zero-order valence-electron chi connectivity index (χ0n) is 15.5. The number of thioether (sulfide) groups is 1. The van der Waals surface area contributed by atoms with Crippen molar-refractivity contribution in [2.24, 2.45) is 0 Å². The number of hydrogen-bond donors (Lipinski definition) is 1. The van der Waals surface area contributed by atoms with Crippen molar-refractivity contribution < 1.29 is 13.9 Å². The Bertz CT molecular complexity index is 913. The van der Waals surface area contributed by atoms with Crippen LogP contribution in [0.4, 0.5) is 4.39 Å². The maximum absolute atomic E-state index is 13.7. The van der Waals surface area contributed by atoms with Gasteiger partial charge in [0.2, 0.25) is 5.91 Å². The number of carbonyl (C=O) groups excluding carboxylic acids is 1. The lowest BCUT2D eigenvalue weighted by Crippen LogP contribution is -2.27. The topological polar surface area (TPSA) is 51.2 Å². The molecule has 0 aliphatic heterocycles. The molecule has 0 saturated heterocycles. The van der Waals surface area contributed by atoms with E-state index in [-0.39, 0.29) is 18.1 Å². The third-order valence-corrected chi connectivity index (χ3v) is 6.19. The second kappa shape index (κ2) is 10.2. The molecule has 28 heavy (non-hydrogen) atoms. The van der Waals surface area contributed by atoms with Crippen LogP contribution in [0.25, 0.3) is 0 Å². The van der Waals surface area contributed by atoms with Crippen molar-refractivity contribution in [2.75, 3.05) is 13.7 Å². The monoisotopic (exact) mass is 416 g/mol. The standard InChI is InChI=1S/C21H21FN2O2S2/c1-26-18-8-6-15(7-9-18)10-11-23-20(25)12-17-14-28-21(24-17)27-13-16-4-2-3-5-19(16)22/h2-9,14H,10-13H2,1H3,(H,23,25). The van der Waals surface area contributed by atoms with Crippen LogP contribution in [0.5, 0.6) is 5.75 Å². The Labute approximate surface area is 172 Å². The molecule has 1 amide bonds. The number of rotatable bonds is 9. The lowest BCUT2D eigenvalue weighted by atomic mass is 10.1. The maximum Gasteiger partial charge on any atom is 0.226 e. The number of thiazole rings is 1. The molecule has 146 valence electrons. The van der Waals surface area contributed by atoms with E-state index in [1.807, 2.05) is 35.7 Å². The van der Waals surface area contributed by atoms with Crippen LogP contribution in [0.15, 0.2) is 58.3 Å². The molecule has 1 heterocycles. The number of nitrogens with zero attached hydrogens (tertiary/aromatic N) is 1. The molecule has 0 aliphatic carbocycles. The molecule has 3 aromatic rings. The van der Waals surface area contributed by atoms with Gasteiger partial charge in [0.25, 0.3) is 0 Å². The van der Waals surface area contributed by atoms with Crippen LogP contribution in [0.1, 0.15) is 16.8 Å². The summed E-state index contributed by atoms with van der Waals surface area (Å²) >= 11 is 2.96. The first-order chi connectivity index (χ1) is 13.6. The van der Waals surface area contributed by atoms with E-state index in [4.69, 9.17) is 4.74 Å². The first-order valence-corrected chi connectivity index (χ1v) is 10.7. The van der Waals surface area contributed by atoms with Gasteiger partial charge in [0.1, 0.15) is 15.9 Å². The van der Waals surface area contributed by atoms with Gasteiger partial charge in [-0.3, -0.25) is 4.79 Å². The van der Waals surface area contributed by atoms with E-state index in [0.717, 1.165) is 27.8 Å². The Kier molecular flexibility index (Phi) is 7.45. The number of methoxy groups -OCH3 is 1. The predicted octanol–water partition coefficient (Wildman–Crippen LogP) is 4.48. The number of aromatic nitrogens is 1. The van der Waals surface area contributed by atoms with Crippen molar-refractivity contribution in [1.82, 2.24) is 10.3 Å². The SMILES string of the molecule is COc1ccc(CCNC(=O)Cc2csc(SCc3ccccc3F)n2)cc1. The molecule has 0 spiro atoms. The first-order valence-electron chi connectivity index (χ1n) is 8.84. The number of halogens is 1. The van der Waals surface area contributed by atoms with Gasteiger partial charge in [-0.1, -0.05) is 42.1 Å². The molecule has 3 rings (SSSR count). The van der Waals surface area contributed by atoms with Crippen LogP contribution in [0.3, 0.4) is 0 Å². The van der Waals surface area contributed by atoms with Crippen molar-refractivity contribution in [3.05, 3.63) is 76.5 Å². The molecule has 1 N–H and O–H groups in total. The molecule has 0 fully saturated rings. The van der Waals surface area contributed by atoms with Crippen LogP contribution in [0.2, 0.25) is 0 Å². The van der Waals surface area contributed by atoms with Gasteiger partial charge in [-0.25, -0.2) is 9.37 Å². The number of carbonyl (C=O) groups is 1. The quantitative estimate of drug-likeness (QED) is 0.523.